The highest BCUT2D eigenvalue weighted by molar-refractivity contribution is 6.31. The molecule has 0 unspecified atom stereocenters. The van der Waals surface area contributed by atoms with E-state index < -0.39 is 32.3 Å². The van der Waals surface area contributed by atoms with Gasteiger partial charge in [0.2, 0.25) is 0 Å². The van der Waals surface area contributed by atoms with Crippen LogP contribution in [0.2, 0.25) is 5.02 Å². The van der Waals surface area contributed by atoms with Crippen molar-refractivity contribution in [3.8, 4) is 11.5 Å². The first-order valence-corrected chi connectivity index (χ1v) is 9.78. The second-order valence-corrected chi connectivity index (χ2v) is 6.63. The fraction of sp³-hybridized carbons (Fsp3) is 0.300. The van der Waals surface area contributed by atoms with Crippen molar-refractivity contribution in [2.75, 3.05) is 31.7 Å². The van der Waals surface area contributed by atoms with E-state index in [9.17, 15) is 22.0 Å². The number of rotatable bonds is 12. The quantitative estimate of drug-likeness (QED) is 0.267. The lowest BCUT2D eigenvalue weighted by Crippen LogP contribution is -2.12. The van der Waals surface area contributed by atoms with E-state index in [4.69, 9.17) is 21.1 Å². The van der Waals surface area contributed by atoms with Crippen LogP contribution in [0, 0.1) is 5.82 Å². The van der Waals surface area contributed by atoms with Crippen molar-refractivity contribution in [2.45, 2.75) is 13.2 Å². The lowest BCUT2D eigenvalue weighted by Gasteiger charge is -2.16. The highest BCUT2D eigenvalue weighted by atomic mass is 35.5. The van der Waals surface area contributed by atoms with Crippen molar-refractivity contribution in [3.05, 3.63) is 47.5 Å². The minimum absolute atomic E-state index is 0.0553. The normalized spacial score (nSPS) is 11.4. The Bertz CT molecular complexity index is 1080. The van der Waals surface area contributed by atoms with E-state index in [1.165, 1.54) is 30.6 Å². The maximum absolute atomic E-state index is 14.3. The fourth-order valence-corrected chi connectivity index (χ4v) is 2.87. The van der Waals surface area contributed by atoms with E-state index in [-0.39, 0.29) is 41.2 Å². The minimum Gasteiger partial charge on any atom is -0.487 e. The molecule has 1 N–H and O–H groups in total. The third kappa shape index (κ3) is 7.01. The zero-order valence-electron chi connectivity index (χ0n) is 16.7. The predicted octanol–water partition coefficient (Wildman–Crippen LogP) is 5.40. The number of nitrogens with zero attached hydrogens (tertiary/aromatic N) is 2. The summed E-state index contributed by atoms with van der Waals surface area (Å²) in [6, 6.07) is 7.25. The highest BCUT2D eigenvalue weighted by Gasteiger charge is 2.15. The molecule has 0 atom stereocenters. The zero-order chi connectivity index (χ0) is 23.8. The van der Waals surface area contributed by atoms with Gasteiger partial charge in [-0.1, -0.05) is 17.7 Å². The molecule has 7 nitrogen and oxygen atoms in total. The van der Waals surface area contributed by atoms with Gasteiger partial charge in [-0.3, -0.25) is 0 Å². The molecule has 0 spiro atoms. The number of halogens is 6. The second kappa shape index (κ2) is 11.8. The Morgan fingerprint density at radius 1 is 0.879 bits per heavy atom. The Hall–Kier alpha value is -2.96. The molecule has 0 fully saturated rings. The fourth-order valence-electron chi connectivity index (χ4n) is 2.69. The number of fused-ring (bicyclic) bond motifs is 1. The van der Waals surface area contributed by atoms with Crippen LogP contribution in [0.25, 0.3) is 10.9 Å². The molecule has 0 aliphatic heterocycles. The summed E-state index contributed by atoms with van der Waals surface area (Å²) >= 11 is 5.81. The van der Waals surface area contributed by atoms with E-state index in [1.807, 2.05) is 0 Å². The molecule has 0 bridgehead atoms. The highest BCUT2D eigenvalue weighted by Crippen LogP contribution is 2.35. The molecule has 2 aromatic carbocycles. The van der Waals surface area contributed by atoms with Crippen LogP contribution in [0.15, 0.2) is 36.7 Å². The number of hydrogen-bond acceptors (Lipinski definition) is 7. The molecule has 0 saturated carbocycles. The van der Waals surface area contributed by atoms with E-state index in [0.717, 1.165) is 0 Å². The van der Waals surface area contributed by atoms with Crippen molar-refractivity contribution in [2.24, 2.45) is 0 Å². The van der Waals surface area contributed by atoms with Gasteiger partial charge in [0.25, 0.3) is 0 Å². The lowest BCUT2D eigenvalue weighted by atomic mass is 10.2. The van der Waals surface area contributed by atoms with Gasteiger partial charge in [0.1, 0.15) is 25.4 Å². The summed E-state index contributed by atoms with van der Waals surface area (Å²) in [6.45, 7) is -7.27. The van der Waals surface area contributed by atoms with Crippen LogP contribution in [-0.4, -0.2) is 49.6 Å². The van der Waals surface area contributed by atoms with Gasteiger partial charge in [0.05, 0.1) is 29.4 Å². The average molecular weight is 494 g/mol. The maximum Gasteiger partial charge on any atom is 0.345 e. The van der Waals surface area contributed by atoms with Crippen LogP contribution in [0.4, 0.5) is 33.5 Å². The molecule has 3 aromatic rings. The van der Waals surface area contributed by atoms with Gasteiger partial charge in [-0.15, -0.1) is 0 Å². The molecule has 0 aliphatic carbocycles. The number of hydrogen-bond donors (Lipinski definition) is 1. The van der Waals surface area contributed by atoms with Gasteiger partial charge < -0.3 is 24.3 Å². The summed E-state index contributed by atoms with van der Waals surface area (Å²) in [4.78, 5) is 8.22. The smallest absolute Gasteiger partial charge is 0.345 e. The minimum atomic E-state index is -2.97. The molecular weight excluding hydrogens is 477 g/mol. The van der Waals surface area contributed by atoms with Gasteiger partial charge in [-0.05, 0) is 18.2 Å². The summed E-state index contributed by atoms with van der Waals surface area (Å²) in [5.74, 6) is -0.328. The lowest BCUT2D eigenvalue weighted by molar-refractivity contribution is -0.134. The average Bonchev–Trinajstić information content (AvgIpc) is 2.77. The third-order valence-electron chi connectivity index (χ3n) is 4.07. The Labute approximate surface area is 189 Å². The van der Waals surface area contributed by atoms with Crippen molar-refractivity contribution >= 4 is 34.0 Å². The van der Waals surface area contributed by atoms with Crippen molar-refractivity contribution in [1.29, 1.82) is 0 Å². The van der Waals surface area contributed by atoms with E-state index in [2.05, 4.69) is 24.8 Å². The molecule has 0 aliphatic rings. The monoisotopic (exact) mass is 493 g/mol. The maximum atomic E-state index is 14.3. The van der Waals surface area contributed by atoms with Crippen molar-refractivity contribution in [1.82, 2.24) is 9.97 Å². The number of alkyl halides is 4. The number of anilines is 2. The predicted molar refractivity (Wildman–Crippen MR) is 109 cm³/mol. The summed E-state index contributed by atoms with van der Waals surface area (Å²) in [5.41, 5.74) is 0.399. The largest absolute Gasteiger partial charge is 0.487 e. The number of benzene rings is 2. The summed E-state index contributed by atoms with van der Waals surface area (Å²) in [6.07, 6.45) is 1.22. The van der Waals surface area contributed by atoms with Crippen LogP contribution in [0.5, 0.6) is 11.5 Å². The van der Waals surface area contributed by atoms with Gasteiger partial charge in [0, 0.05) is 11.5 Å². The van der Waals surface area contributed by atoms with E-state index >= 15 is 0 Å². The summed E-state index contributed by atoms with van der Waals surface area (Å²) in [5, 5.41) is 3.09. The van der Waals surface area contributed by atoms with Gasteiger partial charge >= 0.3 is 13.2 Å². The summed E-state index contributed by atoms with van der Waals surface area (Å²) in [7, 11) is 0. The topological polar surface area (TPSA) is 74.7 Å². The van der Waals surface area contributed by atoms with Crippen LogP contribution in [0.3, 0.4) is 0 Å². The van der Waals surface area contributed by atoms with Crippen molar-refractivity contribution < 1.29 is 40.9 Å². The Balaban J connectivity index is 1.89. The SMILES string of the molecule is Fc1c(Cl)cccc1Nc1ncnc2cc(OCCOC(F)F)c(OCCOC(F)F)cc12. The molecule has 1 aromatic heterocycles. The molecule has 178 valence electrons. The molecule has 0 amide bonds. The molecule has 13 heteroatoms. The second-order valence-electron chi connectivity index (χ2n) is 6.22. The van der Waals surface area contributed by atoms with Gasteiger partial charge in [-0.25, -0.2) is 14.4 Å². The Morgan fingerprint density at radius 2 is 1.52 bits per heavy atom. The van der Waals surface area contributed by atoms with Crippen molar-refractivity contribution in [3.63, 3.8) is 0 Å². The molecule has 0 saturated heterocycles. The summed E-state index contributed by atoms with van der Waals surface area (Å²) < 4.78 is 82.2. The van der Waals surface area contributed by atoms with Gasteiger partial charge in [0.15, 0.2) is 17.3 Å². The van der Waals surface area contributed by atoms with E-state index in [1.54, 1.807) is 6.07 Å². The molecule has 0 radical (unpaired) electrons. The molecular formula is C20H17ClF5N3O4. The van der Waals surface area contributed by atoms with Crippen LogP contribution in [0.1, 0.15) is 0 Å². The van der Waals surface area contributed by atoms with Crippen LogP contribution < -0.4 is 14.8 Å². The number of nitrogens with one attached hydrogen (secondary N) is 1. The van der Waals surface area contributed by atoms with Crippen LogP contribution >= 0.6 is 11.6 Å². The Morgan fingerprint density at radius 3 is 2.15 bits per heavy atom. The van der Waals surface area contributed by atoms with Gasteiger partial charge in [-0.2, -0.15) is 17.6 Å². The first-order valence-electron chi connectivity index (χ1n) is 9.40. The first kappa shape index (κ1) is 24.7. The molecule has 3 rings (SSSR count). The van der Waals surface area contributed by atoms with E-state index in [0.29, 0.717) is 10.9 Å². The number of aromatic nitrogens is 2. The zero-order valence-corrected chi connectivity index (χ0v) is 17.5. The first-order chi connectivity index (χ1) is 15.8. The standard InChI is InChI=1S/C20H17ClF5N3O4/c21-12-2-1-3-13(17(12)22)29-18-11-8-15(30-4-6-32-19(23)24)16(9-14(11)27-10-28-18)31-5-7-33-20(25)26/h1-3,8-10,19-20H,4-7H2,(H,27,28,29). The Kier molecular flexibility index (Phi) is 8.80. The third-order valence-corrected chi connectivity index (χ3v) is 4.37. The van der Waals surface area contributed by atoms with Crippen LogP contribution in [-0.2, 0) is 9.47 Å². The number of ether oxygens (including phenoxy) is 4. The molecule has 33 heavy (non-hydrogen) atoms. The molecule has 1 heterocycles.